The van der Waals surface area contributed by atoms with Crippen molar-refractivity contribution in [1.29, 1.82) is 0 Å². The lowest BCUT2D eigenvalue weighted by Crippen LogP contribution is -2.53. The Morgan fingerprint density at radius 2 is 2.53 bits per heavy atom. The maximum Gasteiger partial charge on any atom is 0.345 e. The maximum atomic E-state index is 10.5. The summed E-state index contributed by atoms with van der Waals surface area (Å²) in [5, 5.41) is 14.5. The van der Waals surface area contributed by atoms with Crippen molar-refractivity contribution in [3.8, 4) is 0 Å². The molecule has 92 valence electrons. The second-order valence-corrected chi connectivity index (χ2v) is 5.47. The van der Waals surface area contributed by atoms with Gasteiger partial charge in [0.2, 0.25) is 0 Å². The lowest BCUT2D eigenvalue weighted by molar-refractivity contribution is -0.380. The zero-order chi connectivity index (χ0) is 11.8. The van der Waals surface area contributed by atoms with E-state index in [1.54, 1.807) is 0 Å². The summed E-state index contributed by atoms with van der Waals surface area (Å²) in [6.45, 7) is 0.872. The summed E-state index contributed by atoms with van der Waals surface area (Å²) in [4.78, 5) is 14.2. The molecule has 3 atom stereocenters. The molecule has 0 spiro atoms. The van der Waals surface area contributed by atoms with Gasteiger partial charge in [-0.25, -0.2) is 4.98 Å². The number of fused-ring (bicyclic) bond motifs is 1. The summed E-state index contributed by atoms with van der Waals surface area (Å²) in [5.41, 5.74) is 0. The Kier molecular flexibility index (Phi) is 2.71. The van der Waals surface area contributed by atoms with Gasteiger partial charge in [0, 0.05) is 18.6 Å². The fraction of sp³-hybridized carbons (Fsp3) is 0.700. The van der Waals surface area contributed by atoms with E-state index in [1.165, 1.54) is 12.6 Å². The van der Waals surface area contributed by atoms with Gasteiger partial charge in [0.1, 0.15) is 6.20 Å². The van der Waals surface area contributed by atoms with Crippen LogP contribution in [-0.4, -0.2) is 28.7 Å². The summed E-state index contributed by atoms with van der Waals surface area (Å²) in [7, 11) is 0. The van der Waals surface area contributed by atoms with Crippen LogP contribution in [-0.2, 0) is 4.74 Å². The average molecular weight is 255 g/mol. The first kappa shape index (κ1) is 10.9. The number of rotatable bonds is 3. The number of aromatic nitrogens is 1. The van der Waals surface area contributed by atoms with E-state index in [0.29, 0.717) is 23.2 Å². The molecular formula is C10H13N3O3S. The predicted octanol–water partition coefficient (Wildman–Crippen LogP) is 2.03. The first-order valence-corrected chi connectivity index (χ1v) is 6.54. The summed E-state index contributed by atoms with van der Waals surface area (Å²) >= 11 is 1.10. The highest BCUT2D eigenvalue weighted by Crippen LogP contribution is 2.40. The summed E-state index contributed by atoms with van der Waals surface area (Å²) < 4.78 is 5.62. The molecule has 0 amide bonds. The Balaban J connectivity index is 1.61. The second kappa shape index (κ2) is 4.23. The molecule has 0 radical (unpaired) electrons. The minimum atomic E-state index is -0.407. The van der Waals surface area contributed by atoms with Crippen LogP contribution in [0.5, 0.6) is 0 Å². The molecule has 1 aliphatic carbocycles. The summed E-state index contributed by atoms with van der Waals surface area (Å²) in [6.07, 6.45) is 4.96. The number of nitro groups is 1. The molecule has 2 aliphatic rings. The summed E-state index contributed by atoms with van der Waals surface area (Å²) in [5.74, 6) is 0.548. The second-order valence-electron chi connectivity index (χ2n) is 4.46. The number of nitrogens with one attached hydrogen (secondary N) is 1. The molecule has 1 aromatic rings. The van der Waals surface area contributed by atoms with E-state index in [2.05, 4.69) is 10.3 Å². The molecule has 0 unspecified atom stereocenters. The van der Waals surface area contributed by atoms with Crippen LogP contribution in [0.15, 0.2) is 6.20 Å². The van der Waals surface area contributed by atoms with E-state index in [9.17, 15) is 10.1 Å². The monoisotopic (exact) mass is 255 g/mol. The van der Waals surface area contributed by atoms with Crippen molar-refractivity contribution >= 4 is 21.5 Å². The first-order chi connectivity index (χ1) is 8.24. The van der Waals surface area contributed by atoms with Crippen molar-refractivity contribution in [2.75, 3.05) is 11.9 Å². The number of hydrogen-bond acceptors (Lipinski definition) is 6. The minimum absolute atomic E-state index is 0.0864. The quantitative estimate of drug-likeness (QED) is 0.660. The number of hydrogen-bond donors (Lipinski definition) is 1. The maximum absolute atomic E-state index is 10.5. The van der Waals surface area contributed by atoms with Crippen LogP contribution in [0.2, 0.25) is 0 Å². The van der Waals surface area contributed by atoms with Crippen molar-refractivity contribution in [2.24, 2.45) is 5.92 Å². The molecule has 17 heavy (non-hydrogen) atoms. The largest absolute Gasteiger partial charge is 0.378 e. The Labute approximate surface area is 102 Å². The van der Waals surface area contributed by atoms with E-state index in [0.717, 1.165) is 30.8 Å². The van der Waals surface area contributed by atoms with Crippen LogP contribution in [0.3, 0.4) is 0 Å². The molecule has 0 bridgehead atoms. The average Bonchev–Trinajstić information content (AvgIpc) is 2.75. The predicted molar refractivity (Wildman–Crippen MR) is 63.3 cm³/mol. The SMILES string of the molecule is O=[N+]([O-])c1cnc(N[C@@H]2C[C@H]3OCCC[C@H]23)s1. The van der Waals surface area contributed by atoms with E-state index in [1.807, 2.05) is 0 Å². The van der Waals surface area contributed by atoms with Crippen LogP contribution >= 0.6 is 11.3 Å². The number of ether oxygens (including phenoxy) is 1. The smallest absolute Gasteiger partial charge is 0.345 e. The van der Waals surface area contributed by atoms with Crippen LogP contribution in [0, 0.1) is 16.0 Å². The van der Waals surface area contributed by atoms with Gasteiger partial charge in [0.15, 0.2) is 5.13 Å². The minimum Gasteiger partial charge on any atom is -0.378 e. The van der Waals surface area contributed by atoms with Gasteiger partial charge in [0.05, 0.1) is 11.0 Å². The topological polar surface area (TPSA) is 77.3 Å². The molecule has 1 saturated heterocycles. The first-order valence-electron chi connectivity index (χ1n) is 5.72. The summed E-state index contributed by atoms with van der Waals surface area (Å²) in [6, 6.07) is 0.367. The lowest BCUT2D eigenvalue weighted by atomic mass is 9.72. The molecule has 0 aromatic carbocycles. The van der Waals surface area contributed by atoms with E-state index >= 15 is 0 Å². The normalized spacial score (nSPS) is 31.4. The van der Waals surface area contributed by atoms with Crippen molar-refractivity contribution in [3.63, 3.8) is 0 Å². The fourth-order valence-electron chi connectivity index (χ4n) is 2.54. The number of nitrogens with zero attached hydrogens (tertiary/aromatic N) is 2. The van der Waals surface area contributed by atoms with Gasteiger partial charge >= 0.3 is 5.00 Å². The Hall–Kier alpha value is -1.21. The van der Waals surface area contributed by atoms with Crippen molar-refractivity contribution in [3.05, 3.63) is 16.3 Å². The Morgan fingerprint density at radius 3 is 3.24 bits per heavy atom. The third kappa shape index (κ3) is 2.00. The Morgan fingerprint density at radius 1 is 1.65 bits per heavy atom. The van der Waals surface area contributed by atoms with Gasteiger partial charge in [-0.3, -0.25) is 10.1 Å². The molecule has 1 N–H and O–H groups in total. The zero-order valence-electron chi connectivity index (χ0n) is 9.17. The molecule has 1 aromatic heterocycles. The molecule has 1 aliphatic heterocycles. The van der Waals surface area contributed by atoms with Gasteiger partial charge in [0.25, 0.3) is 0 Å². The number of anilines is 1. The van der Waals surface area contributed by atoms with Gasteiger partial charge in [-0.1, -0.05) is 0 Å². The highest BCUT2D eigenvalue weighted by molar-refractivity contribution is 7.18. The third-order valence-corrected chi connectivity index (χ3v) is 4.36. The third-order valence-electron chi connectivity index (χ3n) is 3.48. The van der Waals surface area contributed by atoms with Crippen molar-refractivity contribution in [2.45, 2.75) is 31.4 Å². The standard InChI is InChI=1S/C10H13N3O3S/c14-13(15)9-5-11-10(17-9)12-7-4-8-6(7)2-1-3-16-8/h5-8H,1-4H2,(H,11,12)/t6-,7-,8-/m1/s1. The lowest BCUT2D eigenvalue weighted by Gasteiger charge is -2.47. The number of thiazole rings is 1. The van der Waals surface area contributed by atoms with Crippen molar-refractivity contribution in [1.82, 2.24) is 4.98 Å². The van der Waals surface area contributed by atoms with E-state index < -0.39 is 4.92 Å². The molecule has 1 saturated carbocycles. The van der Waals surface area contributed by atoms with Crippen LogP contribution in [0.25, 0.3) is 0 Å². The van der Waals surface area contributed by atoms with Gasteiger partial charge in [-0.05, 0) is 30.6 Å². The highest BCUT2D eigenvalue weighted by Gasteiger charge is 2.43. The molecular weight excluding hydrogens is 242 g/mol. The van der Waals surface area contributed by atoms with Gasteiger partial charge in [-0.2, -0.15) is 0 Å². The molecule has 2 heterocycles. The molecule has 3 rings (SSSR count). The zero-order valence-corrected chi connectivity index (χ0v) is 9.98. The molecule has 6 nitrogen and oxygen atoms in total. The van der Waals surface area contributed by atoms with Gasteiger partial charge in [-0.15, -0.1) is 0 Å². The van der Waals surface area contributed by atoms with Crippen LogP contribution in [0.1, 0.15) is 19.3 Å². The van der Waals surface area contributed by atoms with Gasteiger partial charge < -0.3 is 10.1 Å². The fourth-order valence-corrected chi connectivity index (χ4v) is 3.23. The van der Waals surface area contributed by atoms with Crippen LogP contribution in [0.4, 0.5) is 10.1 Å². The van der Waals surface area contributed by atoms with E-state index in [4.69, 9.17) is 4.74 Å². The van der Waals surface area contributed by atoms with Crippen molar-refractivity contribution < 1.29 is 9.66 Å². The Bertz CT molecular complexity index is 436. The molecule has 2 fully saturated rings. The highest BCUT2D eigenvalue weighted by atomic mass is 32.1. The van der Waals surface area contributed by atoms with Crippen LogP contribution < -0.4 is 5.32 Å². The van der Waals surface area contributed by atoms with E-state index in [-0.39, 0.29) is 5.00 Å². The molecule has 7 heteroatoms.